The summed E-state index contributed by atoms with van der Waals surface area (Å²) >= 11 is 2.94. The van der Waals surface area contributed by atoms with E-state index in [4.69, 9.17) is 4.74 Å². The number of rotatable bonds is 19. The molecular formula is C41H48N8O5S2. The summed E-state index contributed by atoms with van der Waals surface area (Å²) in [6, 6.07) is 20.4. The number of hydrogen-bond donors (Lipinski definition) is 4. The summed E-state index contributed by atoms with van der Waals surface area (Å²) in [4.78, 5) is 68.9. The third kappa shape index (κ3) is 13.9. The summed E-state index contributed by atoms with van der Waals surface area (Å²) in [5.41, 5.74) is 4.97. The van der Waals surface area contributed by atoms with Gasteiger partial charge in [-0.2, -0.15) is 0 Å². The molecule has 5 rings (SSSR count). The number of nitrogens with zero attached hydrogens (tertiary/aromatic N) is 4. The van der Waals surface area contributed by atoms with Crippen molar-refractivity contribution in [1.29, 1.82) is 0 Å². The van der Waals surface area contributed by atoms with Crippen molar-refractivity contribution >= 4 is 52.3 Å². The fourth-order valence-corrected chi connectivity index (χ4v) is 7.22. The fourth-order valence-electron chi connectivity index (χ4n) is 5.89. The van der Waals surface area contributed by atoms with Crippen molar-refractivity contribution in [3.8, 4) is 0 Å². The Morgan fingerprint density at radius 2 is 1.45 bits per heavy atom. The fraction of sp³-hybridized carbons (Fsp3) is 0.341. The van der Waals surface area contributed by atoms with Crippen LogP contribution >= 0.6 is 22.7 Å². The third-order valence-corrected chi connectivity index (χ3v) is 10.7. The van der Waals surface area contributed by atoms with Crippen LogP contribution in [0.1, 0.15) is 65.7 Å². The summed E-state index contributed by atoms with van der Waals surface area (Å²) < 4.78 is 5.50. The monoisotopic (exact) mass is 796 g/mol. The molecule has 5 amide bonds. The van der Waals surface area contributed by atoms with Gasteiger partial charge in [0.1, 0.15) is 12.6 Å². The van der Waals surface area contributed by atoms with E-state index in [-0.39, 0.29) is 31.5 Å². The Morgan fingerprint density at radius 3 is 2.04 bits per heavy atom. The summed E-state index contributed by atoms with van der Waals surface area (Å²) in [5.74, 6) is -0.704. The van der Waals surface area contributed by atoms with Crippen LogP contribution in [0.25, 0.3) is 0 Å². The Bertz CT molecular complexity index is 1960. The molecule has 0 spiro atoms. The highest BCUT2D eigenvalue weighted by molar-refractivity contribution is 7.09. The predicted molar refractivity (Wildman–Crippen MR) is 218 cm³/mol. The lowest BCUT2D eigenvalue weighted by Crippen LogP contribution is -2.53. The number of ether oxygens (including phenoxy) is 1. The van der Waals surface area contributed by atoms with Gasteiger partial charge in [0.2, 0.25) is 11.8 Å². The van der Waals surface area contributed by atoms with Crippen LogP contribution in [0, 0.1) is 0 Å². The van der Waals surface area contributed by atoms with Crippen LogP contribution < -0.4 is 21.3 Å². The minimum absolute atomic E-state index is 0.112. The van der Waals surface area contributed by atoms with E-state index in [0.29, 0.717) is 31.4 Å². The minimum Gasteiger partial charge on any atom is -0.444 e. The van der Waals surface area contributed by atoms with E-state index in [9.17, 15) is 19.2 Å². The molecule has 0 aliphatic rings. The zero-order valence-electron chi connectivity index (χ0n) is 31.7. The molecule has 0 fully saturated rings. The maximum Gasteiger partial charge on any atom is 0.407 e. The standard InChI is InChI=1S/C41H48N8O5S2/c1-28(2)39-46-34(26-55-39)24-49(3)40(52)48-36(22-37(50)44-31-16-18-42-19-17-31)38(51)45-32(20-29-10-6-4-7-11-29)14-15-33(21-30-12-8-5-9-13-30)47-41(53)54-25-35-23-43-27-56-35/h4-13,16-19,23,26-28,32-33,36H,14-15,20-22,24-25H2,1-3H3,(H,45,51)(H,47,53)(H,48,52)(H,42,44,50). The molecule has 294 valence electrons. The summed E-state index contributed by atoms with van der Waals surface area (Å²) in [6.07, 6.45) is 5.89. The number of carbonyl (C=O) groups excluding carboxylic acids is 4. The molecule has 15 heteroatoms. The quantitative estimate of drug-likeness (QED) is 0.0716. The predicted octanol–water partition coefficient (Wildman–Crippen LogP) is 6.70. The van der Waals surface area contributed by atoms with Crippen molar-refractivity contribution in [2.75, 3.05) is 12.4 Å². The van der Waals surface area contributed by atoms with E-state index in [0.717, 1.165) is 26.7 Å². The normalized spacial score (nSPS) is 12.6. The molecule has 3 unspecified atom stereocenters. The molecule has 56 heavy (non-hydrogen) atoms. The van der Waals surface area contributed by atoms with Gasteiger partial charge in [-0.25, -0.2) is 14.6 Å². The molecule has 0 bridgehead atoms. The van der Waals surface area contributed by atoms with Gasteiger partial charge in [-0.1, -0.05) is 74.5 Å². The highest BCUT2D eigenvalue weighted by Crippen LogP contribution is 2.20. The van der Waals surface area contributed by atoms with E-state index >= 15 is 0 Å². The van der Waals surface area contributed by atoms with E-state index < -0.39 is 36.0 Å². The van der Waals surface area contributed by atoms with Crippen molar-refractivity contribution in [1.82, 2.24) is 35.8 Å². The molecular weight excluding hydrogens is 749 g/mol. The number of thiazole rings is 2. The average Bonchev–Trinajstić information content (AvgIpc) is 3.90. The van der Waals surface area contributed by atoms with Crippen LogP contribution in [0.15, 0.2) is 102 Å². The molecule has 0 saturated heterocycles. The van der Waals surface area contributed by atoms with E-state index in [1.807, 2.05) is 66.0 Å². The zero-order chi connectivity index (χ0) is 39.7. The molecule has 0 radical (unpaired) electrons. The van der Waals surface area contributed by atoms with Crippen molar-refractivity contribution in [3.63, 3.8) is 0 Å². The first kappa shape index (κ1) is 41.5. The summed E-state index contributed by atoms with van der Waals surface area (Å²) in [6.45, 7) is 4.46. The van der Waals surface area contributed by atoms with Gasteiger partial charge in [-0.05, 0) is 48.9 Å². The Labute approximate surface area is 335 Å². The molecule has 0 saturated carbocycles. The van der Waals surface area contributed by atoms with Gasteiger partial charge in [-0.15, -0.1) is 22.7 Å². The molecule has 4 N–H and O–H groups in total. The van der Waals surface area contributed by atoms with Gasteiger partial charge in [-0.3, -0.25) is 19.6 Å². The van der Waals surface area contributed by atoms with Gasteiger partial charge in [0, 0.05) is 54.7 Å². The van der Waals surface area contributed by atoms with Gasteiger partial charge >= 0.3 is 12.1 Å². The van der Waals surface area contributed by atoms with Crippen LogP contribution in [-0.4, -0.2) is 69.0 Å². The van der Waals surface area contributed by atoms with E-state index in [2.05, 4.69) is 50.1 Å². The minimum atomic E-state index is -1.20. The molecule has 5 aromatic rings. The van der Waals surface area contributed by atoms with Gasteiger partial charge in [0.05, 0.1) is 34.1 Å². The molecule has 0 aliphatic carbocycles. The van der Waals surface area contributed by atoms with E-state index in [1.54, 1.807) is 43.3 Å². The number of amides is 5. The molecule has 3 atom stereocenters. The molecule has 0 aliphatic heterocycles. The first-order valence-electron chi connectivity index (χ1n) is 18.5. The Balaban J connectivity index is 1.31. The van der Waals surface area contributed by atoms with Crippen molar-refractivity contribution in [2.24, 2.45) is 0 Å². The second kappa shape index (κ2) is 21.4. The van der Waals surface area contributed by atoms with Gasteiger partial charge in [0.25, 0.3) is 0 Å². The van der Waals surface area contributed by atoms with Gasteiger partial charge < -0.3 is 30.9 Å². The number of aromatic nitrogens is 3. The van der Waals surface area contributed by atoms with E-state index in [1.165, 1.54) is 27.6 Å². The lowest BCUT2D eigenvalue weighted by atomic mass is 9.95. The van der Waals surface area contributed by atoms with Crippen LogP contribution in [0.5, 0.6) is 0 Å². The summed E-state index contributed by atoms with van der Waals surface area (Å²) in [5, 5.41) is 14.6. The number of pyridine rings is 1. The highest BCUT2D eigenvalue weighted by Gasteiger charge is 2.28. The maximum atomic E-state index is 14.2. The van der Waals surface area contributed by atoms with Crippen LogP contribution in [0.4, 0.5) is 15.3 Å². The Kier molecular flexibility index (Phi) is 15.9. The van der Waals surface area contributed by atoms with Crippen LogP contribution in [0.3, 0.4) is 0 Å². The number of nitrogens with one attached hydrogen (secondary N) is 4. The van der Waals surface area contributed by atoms with Gasteiger partial charge in [0.15, 0.2) is 0 Å². The molecule has 3 aromatic heterocycles. The number of benzene rings is 2. The topological polar surface area (TPSA) is 168 Å². The second-order valence-electron chi connectivity index (χ2n) is 13.7. The lowest BCUT2D eigenvalue weighted by Gasteiger charge is -2.27. The summed E-state index contributed by atoms with van der Waals surface area (Å²) in [7, 11) is 1.62. The smallest absolute Gasteiger partial charge is 0.407 e. The molecule has 13 nitrogen and oxygen atoms in total. The number of alkyl carbamates (subject to hydrolysis) is 1. The van der Waals surface area contributed by atoms with Crippen molar-refractivity contribution in [2.45, 2.75) is 83.1 Å². The number of hydrogen-bond acceptors (Lipinski definition) is 10. The first-order chi connectivity index (χ1) is 27.1. The maximum absolute atomic E-state index is 14.2. The second-order valence-corrected chi connectivity index (χ2v) is 15.6. The average molecular weight is 797 g/mol. The number of anilines is 1. The van der Waals surface area contributed by atoms with Crippen molar-refractivity contribution in [3.05, 3.63) is 129 Å². The van der Waals surface area contributed by atoms with Crippen LogP contribution in [0.2, 0.25) is 0 Å². The lowest BCUT2D eigenvalue weighted by molar-refractivity contribution is -0.127. The SMILES string of the molecule is CC(C)c1nc(CN(C)C(=O)NC(CC(=O)Nc2ccncc2)C(=O)NC(CCC(Cc2ccccc2)NC(=O)OCc2cncs2)Cc2ccccc2)cs1. The zero-order valence-corrected chi connectivity index (χ0v) is 33.4. The highest BCUT2D eigenvalue weighted by atomic mass is 32.1. The number of urea groups is 1. The molecule has 3 heterocycles. The number of carbonyl (C=O) groups is 4. The largest absolute Gasteiger partial charge is 0.444 e. The Hall–Kier alpha value is -5.67. The molecule has 2 aromatic carbocycles. The first-order valence-corrected chi connectivity index (χ1v) is 20.2. The van der Waals surface area contributed by atoms with Crippen molar-refractivity contribution < 1.29 is 23.9 Å². The Morgan fingerprint density at radius 1 is 0.804 bits per heavy atom. The van der Waals surface area contributed by atoms with Crippen LogP contribution in [-0.2, 0) is 40.3 Å². The third-order valence-electron chi connectivity index (χ3n) is 8.79.